The van der Waals surface area contributed by atoms with E-state index in [1.54, 1.807) is 7.05 Å². The largest absolute Gasteiger partial charge is 0.347 e. The molecule has 2 amide bonds. The van der Waals surface area contributed by atoms with Crippen molar-refractivity contribution in [2.75, 3.05) is 26.7 Å². The third-order valence-corrected chi connectivity index (χ3v) is 1.82. The Labute approximate surface area is 84.6 Å². The van der Waals surface area contributed by atoms with E-state index in [0.717, 1.165) is 12.8 Å². The van der Waals surface area contributed by atoms with E-state index in [1.165, 1.54) is 4.90 Å². The lowest BCUT2D eigenvalue weighted by atomic mass is 10.3. The molecule has 14 heavy (non-hydrogen) atoms. The van der Waals surface area contributed by atoms with Crippen LogP contribution in [0.25, 0.3) is 0 Å². The summed E-state index contributed by atoms with van der Waals surface area (Å²) in [5, 5.41) is 2.43. The van der Waals surface area contributed by atoms with Crippen LogP contribution in [-0.2, 0) is 9.59 Å². The Balaban J connectivity index is 3.85. The first-order chi connectivity index (χ1) is 6.63. The molecule has 5 heteroatoms. The molecular formula is C9H19N3O2. The number of rotatable bonds is 5. The van der Waals surface area contributed by atoms with Gasteiger partial charge in [-0.3, -0.25) is 9.59 Å². The predicted octanol–water partition coefficient (Wildman–Crippen LogP) is -0.680. The number of amides is 2. The Kier molecular flexibility index (Phi) is 6.74. The molecule has 0 spiro atoms. The molecule has 0 aliphatic heterocycles. The highest BCUT2D eigenvalue weighted by Gasteiger charge is 2.16. The van der Waals surface area contributed by atoms with Crippen LogP contribution in [0.1, 0.15) is 19.8 Å². The maximum Gasteiger partial charge on any atom is 0.311 e. The van der Waals surface area contributed by atoms with Gasteiger partial charge in [0.2, 0.25) is 0 Å². The summed E-state index contributed by atoms with van der Waals surface area (Å²) >= 11 is 0. The summed E-state index contributed by atoms with van der Waals surface area (Å²) in [6, 6.07) is 0. The topological polar surface area (TPSA) is 75.4 Å². The monoisotopic (exact) mass is 201 g/mol. The molecular weight excluding hydrogens is 182 g/mol. The van der Waals surface area contributed by atoms with E-state index in [4.69, 9.17) is 5.73 Å². The Bertz CT molecular complexity index is 194. The van der Waals surface area contributed by atoms with Gasteiger partial charge in [-0.15, -0.1) is 0 Å². The molecule has 0 saturated heterocycles. The van der Waals surface area contributed by atoms with Gasteiger partial charge in [-0.2, -0.15) is 0 Å². The molecule has 0 aromatic heterocycles. The number of nitrogens with two attached hydrogens (primary N) is 1. The molecule has 0 aliphatic rings. The van der Waals surface area contributed by atoms with Crippen molar-refractivity contribution in [3.8, 4) is 0 Å². The molecule has 0 heterocycles. The minimum Gasteiger partial charge on any atom is -0.347 e. The molecule has 0 radical (unpaired) electrons. The van der Waals surface area contributed by atoms with E-state index in [0.29, 0.717) is 19.6 Å². The highest BCUT2D eigenvalue weighted by molar-refractivity contribution is 6.34. The molecule has 0 unspecified atom stereocenters. The summed E-state index contributed by atoms with van der Waals surface area (Å²) in [5.74, 6) is -1.07. The summed E-state index contributed by atoms with van der Waals surface area (Å²) in [6.07, 6.45) is 1.91. The summed E-state index contributed by atoms with van der Waals surface area (Å²) in [5.41, 5.74) is 5.19. The number of hydrogen-bond donors (Lipinski definition) is 2. The standard InChI is InChI=1S/C9H19N3O2/c1-3-4-7-12(2)9(14)8(13)11-6-5-10/h3-7,10H2,1-2H3,(H,11,13). The van der Waals surface area contributed by atoms with Crippen LogP contribution < -0.4 is 11.1 Å². The minimum atomic E-state index is -0.575. The molecule has 0 aromatic rings. The first-order valence-electron chi connectivity index (χ1n) is 4.86. The fourth-order valence-corrected chi connectivity index (χ4v) is 0.931. The van der Waals surface area contributed by atoms with Crippen LogP contribution in [0.3, 0.4) is 0 Å². The summed E-state index contributed by atoms with van der Waals surface area (Å²) < 4.78 is 0. The van der Waals surface area contributed by atoms with E-state index >= 15 is 0 Å². The average molecular weight is 201 g/mol. The van der Waals surface area contributed by atoms with Crippen LogP contribution in [0.4, 0.5) is 0 Å². The highest BCUT2D eigenvalue weighted by atomic mass is 16.2. The number of nitrogens with zero attached hydrogens (tertiary/aromatic N) is 1. The quantitative estimate of drug-likeness (QED) is 0.579. The van der Waals surface area contributed by atoms with Crippen molar-refractivity contribution in [3.05, 3.63) is 0 Å². The molecule has 0 bridgehead atoms. The normalized spacial score (nSPS) is 9.64. The van der Waals surface area contributed by atoms with Gasteiger partial charge >= 0.3 is 11.8 Å². The van der Waals surface area contributed by atoms with Crippen LogP contribution in [0.15, 0.2) is 0 Å². The second kappa shape index (κ2) is 7.32. The number of carbonyl (C=O) groups is 2. The van der Waals surface area contributed by atoms with Crippen molar-refractivity contribution in [1.29, 1.82) is 0 Å². The molecule has 0 atom stereocenters. The first-order valence-corrected chi connectivity index (χ1v) is 4.86. The SMILES string of the molecule is CCCCN(C)C(=O)C(=O)NCCN. The summed E-state index contributed by atoms with van der Waals surface area (Å²) in [6.45, 7) is 3.34. The van der Waals surface area contributed by atoms with Gasteiger partial charge in [0, 0.05) is 26.7 Å². The molecule has 0 rings (SSSR count). The van der Waals surface area contributed by atoms with Gasteiger partial charge in [0.1, 0.15) is 0 Å². The minimum absolute atomic E-state index is 0.339. The average Bonchev–Trinajstić information content (AvgIpc) is 2.21. The van der Waals surface area contributed by atoms with E-state index in [9.17, 15) is 9.59 Å². The van der Waals surface area contributed by atoms with Gasteiger partial charge in [0.25, 0.3) is 0 Å². The van der Waals surface area contributed by atoms with Crippen molar-refractivity contribution >= 4 is 11.8 Å². The zero-order valence-electron chi connectivity index (χ0n) is 8.88. The Morgan fingerprint density at radius 2 is 2.07 bits per heavy atom. The Hall–Kier alpha value is -1.10. The van der Waals surface area contributed by atoms with Gasteiger partial charge in [-0.25, -0.2) is 0 Å². The molecule has 5 nitrogen and oxygen atoms in total. The lowest BCUT2D eigenvalue weighted by Gasteiger charge is -2.15. The first kappa shape index (κ1) is 12.9. The number of carbonyl (C=O) groups excluding carboxylic acids is 2. The van der Waals surface area contributed by atoms with Gasteiger partial charge in [0.05, 0.1) is 0 Å². The molecule has 0 aliphatic carbocycles. The van der Waals surface area contributed by atoms with E-state index < -0.39 is 11.8 Å². The Morgan fingerprint density at radius 3 is 2.57 bits per heavy atom. The van der Waals surface area contributed by atoms with Crippen LogP contribution in [0, 0.1) is 0 Å². The van der Waals surface area contributed by atoms with Crippen LogP contribution in [0.2, 0.25) is 0 Å². The summed E-state index contributed by atoms with van der Waals surface area (Å²) in [4.78, 5) is 23.9. The van der Waals surface area contributed by atoms with Gasteiger partial charge in [-0.05, 0) is 6.42 Å². The van der Waals surface area contributed by atoms with Crippen molar-refractivity contribution in [2.24, 2.45) is 5.73 Å². The molecule has 3 N–H and O–H groups in total. The second-order valence-corrected chi connectivity index (χ2v) is 3.12. The fraction of sp³-hybridized carbons (Fsp3) is 0.778. The number of hydrogen-bond acceptors (Lipinski definition) is 3. The van der Waals surface area contributed by atoms with Crippen LogP contribution in [-0.4, -0.2) is 43.4 Å². The van der Waals surface area contributed by atoms with Crippen molar-refractivity contribution < 1.29 is 9.59 Å². The van der Waals surface area contributed by atoms with Gasteiger partial charge in [-0.1, -0.05) is 13.3 Å². The van der Waals surface area contributed by atoms with Gasteiger partial charge < -0.3 is 16.0 Å². The fourth-order valence-electron chi connectivity index (χ4n) is 0.931. The zero-order chi connectivity index (χ0) is 11.0. The van der Waals surface area contributed by atoms with Crippen molar-refractivity contribution in [1.82, 2.24) is 10.2 Å². The van der Waals surface area contributed by atoms with E-state index in [-0.39, 0.29) is 0 Å². The molecule has 0 aromatic carbocycles. The third kappa shape index (κ3) is 4.81. The number of unbranched alkanes of at least 4 members (excludes halogenated alkanes) is 1. The van der Waals surface area contributed by atoms with Crippen LogP contribution in [0.5, 0.6) is 0 Å². The van der Waals surface area contributed by atoms with Crippen molar-refractivity contribution in [2.45, 2.75) is 19.8 Å². The number of nitrogens with one attached hydrogen (secondary N) is 1. The second-order valence-electron chi connectivity index (χ2n) is 3.12. The lowest BCUT2D eigenvalue weighted by Crippen LogP contribution is -2.42. The predicted molar refractivity (Wildman–Crippen MR) is 54.6 cm³/mol. The third-order valence-electron chi connectivity index (χ3n) is 1.82. The maximum atomic E-state index is 11.3. The summed E-state index contributed by atoms with van der Waals surface area (Å²) in [7, 11) is 1.63. The molecule has 0 saturated carbocycles. The number of likely N-dealkylation sites (N-methyl/N-ethyl adjacent to an activating group) is 1. The zero-order valence-corrected chi connectivity index (χ0v) is 8.88. The van der Waals surface area contributed by atoms with Crippen LogP contribution >= 0.6 is 0 Å². The maximum absolute atomic E-state index is 11.3. The Morgan fingerprint density at radius 1 is 1.43 bits per heavy atom. The highest BCUT2D eigenvalue weighted by Crippen LogP contribution is 1.92. The lowest BCUT2D eigenvalue weighted by molar-refractivity contribution is -0.144. The van der Waals surface area contributed by atoms with Crippen molar-refractivity contribution in [3.63, 3.8) is 0 Å². The molecule has 82 valence electrons. The van der Waals surface area contributed by atoms with E-state index in [1.807, 2.05) is 6.92 Å². The smallest absolute Gasteiger partial charge is 0.311 e. The molecule has 0 fully saturated rings. The van der Waals surface area contributed by atoms with Gasteiger partial charge in [0.15, 0.2) is 0 Å². The van der Waals surface area contributed by atoms with E-state index in [2.05, 4.69) is 5.32 Å².